The summed E-state index contributed by atoms with van der Waals surface area (Å²) in [5.41, 5.74) is 2.64. The van der Waals surface area contributed by atoms with Crippen LogP contribution in [0.25, 0.3) is 0 Å². The molecule has 29 heavy (non-hydrogen) atoms. The molecule has 0 aliphatic carbocycles. The molecule has 0 aromatic heterocycles. The maximum Gasteiger partial charge on any atom is 1.00 e. The smallest absolute Gasteiger partial charge is 0.748 e. The van der Waals surface area contributed by atoms with Crippen LogP contribution < -0.4 is 34.3 Å². The van der Waals surface area contributed by atoms with Crippen molar-refractivity contribution in [2.24, 2.45) is 0 Å². The van der Waals surface area contributed by atoms with Gasteiger partial charge in [0.15, 0.2) is 0 Å². The van der Waals surface area contributed by atoms with Crippen LogP contribution in [0.1, 0.15) is 95.6 Å². The maximum atomic E-state index is 10.8. The number of hydrogen-bond donors (Lipinski definition) is 0. The summed E-state index contributed by atoms with van der Waals surface area (Å²) in [6.07, 6.45) is 14.8. The summed E-state index contributed by atoms with van der Waals surface area (Å²) in [7, 11) is -4.17. The number of ether oxygens (including phenoxy) is 1. The SMILES string of the molecule is CCCCCCCc1cccc(OCCCS(=O)(=O)[O-])c1CCCCCCC.[Na+]. The second-order valence-corrected chi connectivity index (χ2v) is 9.21. The zero-order chi connectivity index (χ0) is 20.7. The summed E-state index contributed by atoms with van der Waals surface area (Å²) in [6.45, 7) is 4.72. The van der Waals surface area contributed by atoms with Gasteiger partial charge in [-0.1, -0.05) is 77.3 Å². The van der Waals surface area contributed by atoms with E-state index in [4.69, 9.17) is 4.74 Å². The molecule has 1 aromatic carbocycles. The van der Waals surface area contributed by atoms with Gasteiger partial charge in [-0.2, -0.15) is 0 Å². The van der Waals surface area contributed by atoms with Crippen molar-refractivity contribution in [3.63, 3.8) is 0 Å². The van der Waals surface area contributed by atoms with Gasteiger partial charge >= 0.3 is 29.6 Å². The summed E-state index contributed by atoms with van der Waals surface area (Å²) in [4.78, 5) is 0. The van der Waals surface area contributed by atoms with Gasteiger partial charge in [0.05, 0.1) is 16.7 Å². The van der Waals surface area contributed by atoms with E-state index in [9.17, 15) is 13.0 Å². The first-order chi connectivity index (χ1) is 13.5. The number of aryl methyl sites for hydroxylation is 1. The first-order valence-corrected chi connectivity index (χ1v) is 12.7. The van der Waals surface area contributed by atoms with Gasteiger partial charge in [0, 0.05) is 5.75 Å². The molecule has 0 bridgehead atoms. The first-order valence-electron chi connectivity index (χ1n) is 11.1. The van der Waals surface area contributed by atoms with Gasteiger partial charge in [-0.15, -0.1) is 0 Å². The van der Waals surface area contributed by atoms with Crippen LogP contribution >= 0.6 is 0 Å². The van der Waals surface area contributed by atoms with Crippen LogP contribution in [0.4, 0.5) is 0 Å². The summed E-state index contributed by atoms with van der Waals surface area (Å²) in [6, 6.07) is 6.21. The van der Waals surface area contributed by atoms with Crippen molar-refractivity contribution in [3.05, 3.63) is 29.3 Å². The van der Waals surface area contributed by atoms with Crippen LogP contribution in [0.15, 0.2) is 18.2 Å². The first kappa shape index (κ1) is 28.9. The van der Waals surface area contributed by atoms with E-state index in [-0.39, 0.29) is 48.3 Å². The molecule has 0 spiro atoms. The fourth-order valence-electron chi connectivity index (χ4n) is 3.51. The predicted molar refractivity (Wildman–Crippen MR) is 116 cm³/mol. The Morgan fingerprint density at radius 1 is 0.828 bits per heavy atom. The van der Waals surface area contributed by atoms with E-state index < -0.39 is 10.1 Å². The summed E-state index contributed by atoms with van der Waals surface area (Å²) >= 11 is 0. The average molecular weight is 435 g/mol. The second kappa shape index (κ2) is 17.6. The fourth-order valence-corrected chi connectivity index (χ4v) is 3.98. The van der Waals surface area contributed by atoms with E-state index >= 15 is 0 Å². The van der Waals surface area contributed by atoms with E-state index in [0.717, 1.165) is 25.0 Å². The second-order valence-electron chi connectivity index (χ2n) is 7.69. The van der Waals surface area contributed by atoms with E-state index in [2.05, 4.69) is 19.9 Å². The molecule has 0 saturated carbocycles. The number of unbranched alkanes of at least 4 members (excludes halogenated alkanes) is 8. The van der Waals surface area contributed by atoms with Crippen molar-refractivity contribution in [2.45, 2.75) is 97.3 Å². The third kappa shape index (κ3) is 14.5. The van der Waals surface area contributed by atoms with E-state index in [0.29, 0.717) is 0 Å². The van der Waals surface area contributed by atoms with Crippen molar-refractivity contribution in [1.29, 1.82) is 0 Å². The maximum absolute atomic E-state index is 10.8. The molecule has 0 atom stereocenters. The molecule has 0 aliphatic heterocycles. The molecular formula is C23H39NaO4S. The van der Waals surface area contributed by atoms with E-state index in [1.165, 1.54) is 68.9 Å². The Labute approximate surface area is 201 Å². The molecule has 0 radical (unpaired) electrons. The van der Waals surface area contributed by atoms with Crippen LogP contribution in [0, 0.1) is 0 Å². The van der Waals surface area contributed by atoms with Crippen molar-refractivity contribution in [3.8, 4) is 5.75 Å². The van der Waals surface area contributed by atoms with E-state index in [1.54, 1.807) is 0 Å². The number of rotatable bonds is 17. The Kier molecular flexibility index (Phi) is 17.6. The van der Waals surface area contributed by atoms with Gasteiger partial charge in [-0.3, -0.25) is 0 Å². The minimum atomic E-state index is -4.17. The van der Waals surface area contributed by atoms with Crippen molar-refractivity contribution in [2.75, 3.05) is 12.4 Å². The van der Waals surface area contributed by atoms with Gasteiger partial charge in [0.2, 0.25) is 0 Å². The quantitative estimate of drug-likeness (QED) is 0.215. The molecule has 0 aliphatic rings. The molecule has 0 unspecified atom stereocenters. The summed E-state index contributed by atoms with van der Waals surface area (Å²) < 4.78 is 38.2. The molecule has 6 heteroatoms. The van der Waals surface area contributed by atoms with Crippen molar-refractivity contribution in [1.82, 2.24) is 0 Å². The van der Waals surface area contributed by atoms with E-state index in [1.807, 2.05) is 12.1 Å². The Balaban J connectivity index is 0.00000784. The van der Waals surface area contributed by atoms with Crippen LogP contribution in [0.2, 0.25) is 0 Å². The standard InChI is InChI=1S/C23H40O4S.Na/c1-3-5-7-9-11-15-21-16-13-18-23(27-19-14-20-28(24,25)26)22(21)17-12-10-8-6-4-2;/h13,16,18H,3-12,14-15,17,19-20H2,1-2H3,(H,24,25,26);/q;+1/p-1. The third-order valence-corrected chi connectivity index (χ3v) is 5.89. The largest absolute Gasteiger partial charge is 1.00 e. The topological polar surface area (TPSA) is 66.4 Å². The van der Waals surface area contributed by atoms with Gasteiger partial charge in [0.25, 0.3) is 0 Å². The van der Waals surface area contributed by atoms with Crippen LogP contribution in [-0.4, -0.2) is 25.3 Å². The van der Waals surface area contributed by atoms with Crippen LogP contribution in [-0.2, 0) is 23.0 Å². The molecule has 1 rings (SSSR count). The number of hydrogen-bond acceptors (Lipinski definition) is 4. The Morgan fingerprint density at radius 3 is 2.00 bits per heavy atom. The van der Waals surface area contributed by atoms with Crippen LogP contribution in [0.5, 0.6) is 5.75 Å². The minimum absolute atomic E-state index is 0. The molecule has 4 nitrogen and oxygen atoms in total. The molecule has 162 valence electrons. The Hall–Kier alpha value is -0.0700. The average Bonchev–Trinajstić information content (AvgIpc) is 2.65. The molecule has 0 fully saturated rings. The van der Waals surface area contributed by atoms with Gasteiger partial charge in [-0.05, 0) is 49.3 Å². The zero-order valence-electron chi connectivity index (χ0n) is 18.9. The van der Waals surface area contributed by atoms with Gasteiger partial charge < -0.3 is 9.29 Å². The Morgan fingerprint density at radius 2 is 1.41 bits per heavy atom. The molecule has 0 heterocycles. The van der Waals surface area contributed by atoms with Crippen molar-refractivity contribution >= 4 is 10.1 Å². The predicted octanol–water partition coefficient (Wildman–Crippen LogP) is 3.03. The molecular weight excluding hydrogens is 395 g/mol. The van der Waals surface area contributed by atoms with Gasteiger partial charge in [0.1, 0.15) is 5.75 Å². The number of benzene rings is 1. The molecule has 0 amide bonds. The normalized spacial score (nSPS) is 11.3. The summed E-state index contributed by atoms with van der Waals surface area (Å²) in [5.74, 6) is 0.501. The Bertz CT molecular complexity index is 632. The third-order valence-electron chi connectivity index (χ3n) is 5.11. The summed E-state index contributed by atoms with van der Waals surface area (Å²) in [5, 5.41) is 0. The molecule has 0 N–H and O–H groups in total. The minimum Gasteiger partial charge on any atom is -0.748 e. The van der Waals surface area contributed by atoms with Gasteiger partial charge in [-0.25, -0.2) is 8.42 Å². The molecule has 1 aromatic rings. The fraction of sp³-hybridized carbons (Fsp3) is 0.739. The molecule has 0 saturated heterocycles. The monoisotopic (exact) mass is 434 g/mol. The zero-order valence-corrected chi connectivity index (χ0v) is 21.7. The van der Waals surface area contributed by atoms with Crippen LogP contribution in [0.3, 0.4) is 0 Å². The van der Waals surface area contributed by atoms with Crippen molar-refractivity contribution < 1.29 is 47.3 Å².